The van der Waals surface area contributed by atoms with Gasteiger partial charge < -0.3 is 4.74 Å². The van der Waals surface area contributed by atoms with E-state index in [2.05, 4.69) is 35.7 Å². The Labute approximate surface area is 77.6 Å². The molecule has 0 aliphatic heterocycles. The maximum atomic E-state index is 5.46. The van der Waals surface area contributed by atoms with Crippen LogP contribution in [0.1, 0.15) is 27.7 Å². The SMILES string of the molecule is C#CCOC(C)(C)C(C)(C)Br. The quantitative estimate of drug-likeness (QED) is 0.523. The topological polar surface area (TPSA) is 9.23 Å². The first-order chi connectivity index (χ1) is 4.81. The third-order valence-electron chi connectivity index (χ3n) is 1.95. The molecule has 64 valence electrons. The highest BCUT2D eigenvalue weighted by molar-refractivity contribution is 9.10. The molecule has 0 aliphatic carbocycles. The second-order valence-corrected chi connectivity index (χ2v) is 5.46. The highest BCUT2D eigenvalue weighted by atomic mass is 79.9. The van der Waals surface area contributed by atoms with Gasteiger partial charge in [0.2, 0.25) is 0 Å². The van der Waals surface area contributed by atoms with Crippen LogP contribution in [-0.2, 0) is 4.74 Å². The number of hydrogen-bond acceptors (Lipinski definition) is 1. The summed E-state index contributed by atoms with van der Waals surface area (Å²) in [6.45, 7) is 8.51. The zero-order valence-corrected chi connectivity index (χ0v) is 9.16. The van der Waals surface area contributed by atoms with E-state index < -0.39 is 0 Å². The average Bonchev–Trinajstić information content (AvgIpc) is 1.81. The van der Waals surface area contributed by atoms with E-state index in [4.69, 9.17) is 11.2 Å². The van der Waals surface area contributed by atoms with Crippen molar-refractivity contribution in [2.75, 3.05) is 6.61 Å². The lowest BCUT2D eigenvalue weighted by atomic mass is 9.94. The zero-order chi connectivity index (χ0) is 9.12. The first-order valence-electron chi connectivity index (χ1n) is 3.57. The number of hydrogen-bond donors (Lipinski definition) is 0. The van der Waals surface area contributed by atoms with Gasteiger partial charge in [0.15, 0.2) is 0 Å². The number of halogens is 1. The molecule has 0 bridgehead atoms. The zero-order valence-electron chi connectivity index (χ0n) is 7.57. The summed E-state index contributed by atoms with van der Waals surface area (Å²) < 4.78 is 5.40. The van der Waals surface area contributed by atoms with Crippen molar-refractivity contribution in [2.45, 2.75) is 37.6 Å². The van der Waals surface area contributed by atoms with Crippen LogP contribution in [0.15, 0.2) is 0 Å². The van der Waals surface area contributed by atoms with Crippen molar-refractivity contribution in [2.24, 2.45) is 0 Å². The van der Waals surface area contributed by atoms with E-state index in [0.29, 0.717) is 6.61 Å². The van der Waals surface area contributed by atoms with Gasteiger partial charge in [0.05, 0.1) is 5.60 Å². The first kappa shape index (κ1) is 11.0. The Balaban J connectivity index is 4.13. The second-order valence-electron chi connectivity index (χ2n) is 3.48. The lowest BCUT2D eigenvalue weighted by Crippen LogP contribution is -2.42. The van der Waals surface area contributed by atoms with Crippen molar-refractivity contribution >= 4 is 15.9 Å². The standard InChI is InChI=1S/C9H15BrO/c1-6-7-11-9(4,5)8(2,3)10/h1H,7H2,2-5H3. The molecule has 0 saturated carbocycles. The van der Waals surface area contributed by atoms with Crippen LogP contribution in [0.3, 0.4) is 0 Å². The van der Waals surface area contributed by atoms with Crippen LogP contribution >= 0.6 is 15.9 Å². The third-order valence-corrected chi connectivity index (χ3v) is 2.90. The average molecular weight is 219 g/mol. The summed E-state index contributed by atoms with van der Waals surface area (Å²) in [7, 11) is 0. The molecule has 0 aromatic rings. The van der Waals surface area contributed by atoms with E-state index in [0.717, 1.165) is 0 Å². The molecule has 0 aliphatic rings. The van der Waals surface area contributed by atoms with Crippen molar-refractivity contribution in [3.8, 4) is 12.3 Å². The molecular weight excluding hydrogens is 204 g/mol. The molecule has 0 unspecified atom stereocenters. The van der Waals surface area contributed by atoms with Gasteiger partial charge in [-0.1, -0.05) is 21.9 Å². The molecule has 0 aromatic heterocycles. The van der Waals surface area contributed by atoms with E-state index in [1.165, 1.54) is 0 Å². The van der Waals surface area contributed by atoms with E-state index in [1.807, 2.05) is 13.8 Å². The van der Waals surface area contributed by atoms with Gasteiger partial charge in [-0.25, -0.2) is 0 Å². The molecule has 0 atom stereocenters. The lowest BCUT2D eigenvalue weighted by molar-refractivity contribution is -0.0184. The highest BCUT2D eigenvalue weighted by Gasteiger charge is 2.35. The van der Waals surface area contributed by atoms with E-state index in [-0.39, 0.29) is 9.93 Å². The van der Waals surface area contributed by atoms with Gasteiger partial charge in [0.1, 0.15) is 6.61 Å². The summed E-state index contributed by atoms with van der Waals surface area (Å²) >= 11 is 3.54. The van der Waals surface area contributed by atoms with Gasteiger partial charge in [0, 0.05) is 4.32 Å². The number of terminal acetylenes is 1. The second kappa shape index (κ2) is 3.60. The Bertz CT molecular complexity index is 159. The molecule has 11 heavy (non-hydrogen) atoms. The van der Waals surface area contributed by atoms with Crippen LogP contribution in [0.25, 0.3) is 0 Å². The summed E-state index contributed by atoms with van der Waals surface area (Å²) in [6.07, 6.45) is 5.09. The van der Waals surface area contributed by atoms with Crippen LogP contribution in [0, 0.1) is 12.3 Å². The monoisotopic (exact) mass is 218 g/mol. The van der Waals surface area contributed by atoms with Crippen LogP contribution in [0.4, 0.5) is 0 Å². The van der Waals surface area contributed by atoms with Crippen molar-refractivity contribution in [1.29, 1.82) is 0 Å². The lowest BCUT2D eigenvalue weighted by Gasteiger charge is -2.36. The fourth-order valence-electron chi connectivity index (χ4n) is 0.394. The van der Waals surface area contributed by atoms with Crippen molar-refractivity contribution in [3.05, 3.63) is 0 Å². The van der Waals surface area contributed by atoms with Crippen LogP contribution < -0.4 is 0 Å². The van der Waals surface area contributed by atoms with Crippen molar-refractivity contribution in [3.63, 3.8) is 0 Å². The summed E-state index contributed by atoms with van der Waals surface area (Å²) in [6, 6.07) is 0. The Morgan fingerprint density at radius 2 is 1.82 bits per heavy atom. The maximum absolute atomic E-state index is 5.46. The highest BCUT2D eigenvalue weighted by Crippen LogP contribution is 2.32. The molecule has 2 heteroatoms. The van der Waals surface area contributed by atoms with Gasteiger partial charge >= 0.3 is 0 Å². The molecule has 0 heterocycles. The minimum atomic E-state index is -0.237. The van der Waals surface area contributed by atoms with Gasteiger partial charge in [-0.15, -0.1) is 6.42 Å². The molecular formula is C9H15BrO. The minimum absolute atomic E-state index is 0.0587. The van der Waals surface area contributed by atoms with Gasteiger partial charge in [-0.05, 0) is 27.7 Å². The maximum Gasteiger partial charge on any atom is 0.108 e. The molecule has 1 nitrogen and oxygen atoms in total. The fraction of sp³-hybridized carbons (Fsp3) is 0.778. The molecule has 0 spiro atoms. The smallest absolute Gasteiger partial charge is 0.108 e. The number of alkyl halides is 1. The van der Waals surface area contributed by atoms with E-state index in [1.54, 1.807) is 0 Å². The van der Waals surface area contributed by atoms with Gasteiger partial charge in [-0.2, -0.15) is 0 Å². The number of rotatable bonds is 3. The first-order valence-corrected chi connectivity index (χ1v) is 4.37. The van der Waals surface area contributed by atoms with Crippen LogP contribution in [0.5, 0.6) is 0 Å². The predicted octanol–water partition coefficient (Wildman–Crippen LogP) is 2.59. The van der Waals surface area contributed by atoms with Crippen molar-refractivity contribution in [1.82, 2.24) is 0 Å². The summed E-state index contributed by atoms with van der Waals surface area (Å²) in [5, 5.41) is 0. The third kappa shape index (κ3) is 3.27. The molecule has 0 radical (unpaired) electrons. The minimum Gasteiger partial charge on any atom is -0.361 e. The molecule has 0 rings (SSSR count). The van der Waals surface area contributed by atoms with Gasteiger partial charge in [0.25, 0.3) is 0 Å². The normalized spacial score (nSPS) is 12.7. The Hall–Kier alpha value is 0. The summed E-state index contributed by atoms with van der Waals surface area (Å²) in [4.78, 5) is 0. The van der Waals surface area contributed by atoms with Gasteiger partial charge in [-0.3, -0.25) is 0 Å². The Morgan fingerprint density at radius 1 is 1.36 bits per heavy atom. The van der Waals surface area contributed by atoms with Crippen molar-refractivity contribution < 1.29 is 4.74 Å². The molecule has 0 saturated heterocycles. The van der Waals surface area contributed by atoms with E-state index >= 15 is 0 Å². The molecule has 0 amide bonds. The predicted molar refractivity (Wildman–Crippen MR) is 51.9 cm³/mol. The largest absolute Gasteiger partial charge is 0.361 e. The molecule has 0 N–H and O–H groups in total. The summed E-state index contributed by atoms with van der Waals surface area (Å²) in [5.74, 6) is 2.45. The van der Waals surface area contributed by atoms with E-state index in [9.17, 15) is 0 Å². The summed E-state index contributed by atoms with van der Waals surface area (Å²) in [5.41, 5.74) is -0.237. The Kier molecular flexibility index (Phi) is 3.60. The molecule has 0 aromatic carbocycles. The Morgan fingerprint density at radius 3 is 2.09 bits per heavy atom. The fourth-order valence-corrected chi connectivity index (χ4v) is 0.508. The van der Waals surface area contributed by atoms with Crippen LogP contribution in [0.2, 0.25) is 0 Å². The number of ether oxygens (including phenoxy) is 1. The van der Waals surface area contributed by atoms with Crippen LogP contribution in [-0.4, -0.2) is 16.5 Å². The molecule has 0 fully saturated rings.